The highest BCUT2D eigenvalue weighted by atomic mass is 35.5. The van der Waals surface area contributed by atoms with Crippen LogP contribution in [0.25, 0.3) is 11.3 Å². The summed E-state index contributed by atoms with van der Waals surface area (Å²) in [4.78, 5) is 19.7. The van der Waals surface area contributed by atoms with E-state index in [4.69, 9.17) is 11.6 Å². The Morgan fingerprint density at radius 1 is 0.853 bits per heavy atom. The topological polar surface area (TPSA) is 52.6 Å². The number of aromatic nitrogens is 2. The van der Waals surface area contributed by atoms with E-state index < -0.39 is 0 Å². The Balaban J connectivity index is 1.18. The van der Waals surface area contributed by atoms with Gasteiger partial charge < -0.3 is 14.7 Å². The molecule has 1 amide bonds. The van der Waals surface area contributed by atoms with E-state index in [-0.39, 0.29) is 17.6 Å². The lowest BCUT2D eigenvalue weighted by Crippen LogP contribution is -2.52. The van der Waals surface area contributed by atoms with E-state index in [9.17, 15) is 9.18 Å². The summed E-state index contributed by atoms with van der Waals surface area (Å²) < 4.78 is 13.2. The van der Waals surface area contributed by atoms with Crippen molar-refractivity contribution in [3.63, 3.8) is 0 Å². The predicted octanol–water partition coefficient (Wildman–Crippen LogP) is 4.50. The first-order valence-electron chi connectivity index (χ1n) is 11.7. The molecule has 0 saturated carbocycles. The van der Waals surface area contributed by atoms with Gasteiger partial charge in [0.1, 0.15) is 5.82 Å². The summed E-state index contributed by atoms with van der Waals surface area (Å²) in [6.07, 6.45) is 1.84. The summed E-state index contributed by atoms with van der Waals surface area (Å²) in [6, 6.07) is 17.9. The molecule has 0 N–H and O–H groups in total. The summed E-state index contributed by atoms with van der Waals surface area (Å²) in [7, 11) is 0. The van der Waals surface area contributed by atoms with Gasteiger partial charge in [-0.2, -0.15) is 0 Å². The maximum absolute atomic E-state index is 13.3. The zero-order chi connectivity index (χ0) is 23.5. The molecule has 176 valence electrons. The second-order valence-electron chi connectivity index (χ2n) is 8.86. The predicted molar refractivity (Wildman–Crippen MR) is 133 cm³/mol. The Morgan fingerprint density at radius 2 is 1.59 bits per heavy atom. The average Bonchev–Trinajstić information content (AvgIpc) is 2.89. The van der Waals surface area contributed by atoms with Crippen LogP contribution in [0.2, 0.25) is 5.02 Å². The van der Waals surface area contributed by atoms with Crippen molar-refractivity contribution in [2.45, 2.75) is 12.8 Å². The molecule has 3 heterocycles. The van der Waals surface area contributed by atoms with Crippen molar-refractivity contribution in [2.75, 3.05) is 49.1 Å². The van der Waals surface area contributed by atoms with Gasteiger partial charge in [0.15, 0.2) is 5.82 Å². The van der Waals surface area contributed by atoms with Crippen molar-refractivity contribution in [3.8, 4) is 11.3 Å². The first-order valence-corrected chi connectivity index (χ1v) is 12.1. The SMILES string of the molecule is O=C(C1CCCN(c2ccc(-c3ccc(F)cc3)nn2)C1)N1CCN(c2ccc(Cl)cc2)CC1. The minimum Gasteiger partial charge on any atom is -0.368 e. The maximum atomic E-state index is 13.3. The van der Waals surface area contributed by atoms with Crippen molar-refractivity contribution in [2.24, 2.45) is 5.92 Å². The number of carbonyl (C=O) groups excluding carboxylic acids is 1. The van der Waals surface area contributed by atoms with Crippen LogP contribution >= 0.6 is 11.6 Å². The Labute approximate surface area is 204 Å². The van der Waals surface area contributed by atoms with Crippen LogP contribution in [-0.4, -0.2) is 60.3 Å². The van der Waals surface area contributed by atoms with Gasteiger partial charge in [0.25, 0.3) is 0 Å². The Kier molecular flexibility index (Phi) is 6.63. The normalized spacial score (nSPS) is 18.8. The number of benzene rings is 2. The van der Waals surface area contributed by atoms with Gasteiger partial charge >= 0.3 is 0 Å². The fourth-order valence-electron chi connectivity index (χ4n) is 4.75. The van der Waals surface area contributed by atoms with Crippen LogP contribution in [0.4, 0.5) is 15.9 Å². The molecule has 0 bridgehead atoms. The van der Waals surface area contributed by atoms with Gasteiger partial charge in [-0.1, -0.05) is 11.6 Å². The number of piperazine rings is 1. The third-order valence-electron chi connectivity index (χ3n) is 6.67. The molecular formula is C26H27ClFN5O. The van der Waals surface area contributed by atoms with Gasteiger partial charge in [0.05, 0.1) is 11.6 Å². The van der Waals surface area contributed by atoms with E-state index in [0.717, 1.165) is 67.7 Å². The van der Waals surface area contributed by atoms with Crippen LogP contribution in [0, 0.1) is 11.7 Å². The van der Waals surface area contributed by atoms with Crippen LogP contribution in [0.15, 0.2) is 60.7 Å². The third-order valence-corrected chi connectivity index (χ3v) is 6.92. The summed E-state index contributed by atoms with van der Waals surface area (Å²) >= 11 is 6.00. The molecule has 2 aromatic carbocycles. The number of piperidine rings is 1. The number of amides is 1. The van der Waals surface area contributed by atoms with E-state index in [0.29, 0.717) is 12.2 Å². The van der Waals surface area contributed by atoms with Crippen molar-refractivity contribution in [1.82, 2.24) is 15.1 Å². The molecule has 2 aliphatic rings. The van der Waals surface area contributed by atoms with Crippen molar-refractivity contribution in [1.29, 1.82) is 0 Å². The number of hydrogen-bond donors (Lipinski definition) is 0. The number of hydrogen-bond acceptors (Lipinski definition) is 5. The summed E-state index contributed by atoms with van der Waals surface area (Å²) in [5.41, 5.74) is 2.67. The number of anilines is 2. The Bertz CT molecular complexity index is 1120. The number of carbonyl (C=O) groups is 1. The van der Waals surface area contributed by atoms with E-state index in [1.165, 1.54) is 12.1 Å². The molecule has 5 rings (SSSR count). The van der Waals surface area contributed by atoms with Crippen molar-refractivity contribution in [3.05, 3.63) is 71.5 Å². The number of nitrogens with zero attached hydrogens (tertiary/aromatic N) is 5. The zero-order valence-corrected chi connectivity index (χ0v) is 19.7. The van der Waals surface area contributed by atoms with E-state index in [1.54, 1.807) is 12.1 Å². The summed E-state index contributed by atoms with van der Waals surface area (Å²) in [5.74, 6) is 0.699. The lowest BCUT2D eigenvalue weighted by Gasteiger charge is -2.40. The molecule has 2 saturated heterocycles. The number of rotatable bonds is 4. The molecule has 8 heteroatoms. The van der Waals surface area contributed by atoms with Crippen molar-refractivity contribution >= 4 is 29.0 Å². The molecule has 1 aromatic heterocycles. The highest BCUT2D eigenvalue weighted by Gasteiger charge is 2.31. The average molecular weight is 480 g/mol. The van der Waals surface area contributed by atoms with E-state index in [1.807, 2.05) is 41.3 Å². The maximum Gasteiger partial charge on any atom is 0.227 e. The van der Waals surface area contributed by atoms with Gasteiger partial charge in [-0.3, -0.25) is 4.79 Å². The summed E-state index contributed by atoms with van der Waals surface area (Å²) in [5, 5.41) is 9.46. The molecule has 0 aliphatic carbocycles. The smallest absolute Gasteiger partial charge is 0.227 e. The van der Waals surface area contributed by atoms with Crippen molar-refractivity contribution < 1.29 is 9.18 Å². The van der Waals surface area contributed by atoms with E-state index >= 15 is 0 Å². The quantitative estimate of drug-likeness (QED) is 0.551. The lowest BCUT2D eigenvalue weighted by molar-refractivity contribution is -0.136. The van der Waals surface area contributed by atoms with Gasteiger partial charge in [0, 0.05) is 55.5 Å². The first-order chi connectivity index (χ1) is 16.6. The van der Waals surface area contributed by atoms with Gasteiger partial charge in [-0.25, -0.2) is 4.39 Å². The Hall–Kier alpha value is -3.19. The second kappa shape index (κ2) is 9.97. The molecule has 3 aromatic rings. The third kappa shape index (κ3) is 4.99. The van der Waals surface area contributed by atoms with Crippen LogP contribution in [0.1, 0.15) is 12.8 Å². The van der Waals surface area contributed by atoms with Crippen LogP contribution in [0.3, 0.4) is 0 Å². The van der Waals surface area contributed by atoms with Gasteiger partial charge in [-0.15, -0.1) is 10.2 Å². The fourth-order valence-corrected chi connectivity index (χ4v) is 4.88. The monoisotopic (exact) mass is 479 g/mol. The van der Waals surface area contributed by atoms with Gasteiger partial charge in [-0.05, 0) is 73.5 Å². The minimum absolute atomic E-state index is 0.0330. The Morgan fingerprint density at radius 3 is 2.26 bits per heavy atom. The second-order valence-corrected chi connectivity index (χ2v) is 9.29. The zero-order valence-electron chi connectivity index (χ0n) is 18.9. The molecule has 6 nitrogen and oxygen atoms in total. The molecule has 0 spiro atoms. The molecule has 1 atom stereocenters. The largest absolute Gasteiger partial charge is 0.368 e. The molecule has 0 radical (unpaired) electrons. The fraction of sp³-hybridized carbons (Fsp3) is 0.346. The number of halogens is 2. The summed E-state index contributed by atoms with van der Waals surface area (Å²) in [6.45, 7) is 4.61. The molecular weight excluding hydrogens is 453 g/mol. The molecule has 2 fully saturated rings. The van der Waals surface area contributed by atoms with Crippen LogP contribution < -0.4 is 9.80 Å². The minimum atomic E-state index is -0.274. The lowest BCUT2D eigenvalue weighted by atomic mass is 9.96. The standard InChI is InChI=1S/C26H27ClFN5O/c27-21-5-9-23(10-6-21)31-14-16-32(17-15-31)26(34)20-2-1-13-33(18-20)25-12-11-24(29-30-25)19-3-7-22(28)8-4-19/h3-12,20H,1-2,13-18H2. The van der Waals surface area contributed by atoms with Gasteiger partial charge in [0.2, 0.25) is 5.91 Å². The molecule has 1 unspecified atom stereocenters. The highest BCUT2D eigenvalue weighted by Crippen LogP contribution is 2.26. The first kappa shape index (κ1) is 22.6. The molecule has 2 aliphatic heterocycles. The molecule has 34 heavy (non-hydrogen) atoms. The van der Waals surface area contributed by atoms with Crippen LogP contribution in [0.5, 0.6) is 0 Å². The van der Waals surface area contributed by atoms with Crippen LogP contribution in [-0.2, 0) is 4.79 Å². The highest BCUT2D eigenvalue weighted by molar-refractivity contribution is 6.30. The van der Waals surface area contributed by atoms with E-state index in [2.05, 4.69) is 20.0 Å².